The van der Waals surface area contributed by atoms with Crippen LogP contribution in [0.5, 0.6) is 5.75 Å². The van der Waals surface area contributed by atoms with Gasteiger partial charge in [0.1, 0.15) is 18.8 Å². The van der Waals surface area contributed by atoms with Gasteiger partial charge in [-0.05, 0) is 38.1 Å². The highest BCUT2D eigenvalue weighted by molar-refractivity contribution is 8.00. The van der Waals surface area contributed by atoms with Crippen LogP contribution in [0, 0.1) is 0 Å². The van der Waals surface area contributed by atoms with Crippen LogP contribution in [0.2, 0.25) is 0 Å². The van der Waals surface area contributed by atoms with Gasteiger partial charge < -0.3 is 24.3 Å². The molecule has 0 bridgehead atoms. The van der Waals surface area contributed by atoms with Crippen molar-refractivity contribution in [2.75, 3.05) is 31.7 Å². The minimum atomic E-state index is -0.587. The van der Waals surface area contributed by atoms with E-state index in [1.165, 1.54) is 16.7 Å². The van der Waals surface area contributed by atoms with E-state index in [0.717, 1.165) is 5.56 Å². The number of amides is 2. The molecule has 10 nitrogen and oxygen atoms in total. The lowest BCUT2D eigenvalue weighted by molar-refractivity contribution is -0.143. The molecule has 0 saturated heterocycles. The number of benzene rings is 2. The lowest BCUT2D eigenvalue weighted by Crippen LogP contribution is -2.45. The number of thioether (sulfide) groups is 1. The number of ether oxygens (including phenoxy) is 2. The Morgan fingerprint density at radius 3 is 2.42 bits per heavy atom. The second kappa shape index (κ2) is 12.7. The van der Waals surface area contributed by atoms with Gasteiger partial charge in [0, 0.05) is 18.3 Å². The smallest absolute Gasteiger partial charge is 0.325 e. The van der Waals surface area contributed by atoms with Crippen molar-refractivity contribution in [2.24, 2.45) is 7.05 Å². The molecular weight excluding hydrogens is 482 g/mol. The van der Waals surface area contributed by atoms with Gasteiger partial charge in [-0.1, -0.05) is 42.1 Å². The first-order valence-corrected chi connectivity index (χ1v) is 12.2. The van der Waals surface area contributed by atoms with Crippen LogP contribution in [0.25, 0.3) is 11.4 Å². The minimum absolute atomic E-state index is 0.216. The number of rotatable bonds is 11. The largest absolute Gasteiger partial charge is 0.497 e. The first-order chi connectivity index (χ1) is 17.3. The van der Waals surface area contributed by atoms with E-state index < -0.39 is 17.1 Å². The fourth-order valence-corrected chi connectivity index (χ4v) is 4.20. The summed E-state index contributed by atoms with van der Waals surface area (Å²) in [6.07, 6.45) is 0. The maximum atomic E-state index is 13.5. The third-order valence-electron chi connectivity index (χ3n) is 5.18. The number of carbonyl (C=O) groups is 3. The zero-order valence-corrected chi connectivity index (χ0v) is 21.4. The van der Waals surface area contributed by atoms with Gasteiger partial charge in [-0.15, -0.1) is 10.2 Å². The number of nitrogens with zero attached hydrogens (tertiary/aromatic N) is 4. The predicted molar refractivity (Wildman–Crippen MR) is 137 cm³/mol. The highest BCUT2D eigenvalue weighted by atomic mass is 32.2. The summed E-state index contributed by atoms with van der Waals surface area (Å²) in [7, 11) is 3.38. The average molecular weight is 512 g/mol. The van der Waals surface area contributed by atoms with Crippen molar-refractivity contribution in [3.63, 3.8) is 0 Å². The summed E-state index contributed by atoms with van der Waals surface area (Å²) in [5, 5.41) is 11.0. The fourth-order valence-electron chi connectivity index (χ4n) is 3.32. The Balaban J connectivity index is 1.77. The molecule has 0 aliphatic rings. The molecule has 0 aliphatic heterocycles. The van der Waals surface area contributed by atoms with Crippen LogP contribution >= 0.6 is 11.8 Å². The molecule has 190 valence electrons. The molecule has 36 heavy (non-hydrogen) atoms. The van der Waals surface area contributed by atoms with Crippen molar-refractivity contribution in [1.29, 1.82) is 0 Å². The second-order valence-electron chi connectivity index (χ2n) is 7.70. The molecule has 0 radical (unpaired) electrons. The standard InChI is InChI=1S/C25H29N5O5S/c1-5-35-22(32)15-26-21(31)16-30(19-11-13-20(34-4)14-12-19)24(33)17(2)36-25-28-27-23(29(25)3)18-9-7-6-8-10-18/h6-14,17H,5,15-16H2,1-4H3,(H,26,31). The molecule has 0 saturated carbocycles. The maximum absolute atomic E-state index is 13.5. The molecule has 0 aliphatic carbocycles. The van der Waals surface area contributed by atoms with Crippen molar-refractivity contribution in [2.45, 2.75) is 24.3 Å². The molecule has 2 aromatic carbocycles. The van der Waals surface area contributed by atoms with Gasteiger partial charge in [-0.3, -0.25) is 14.4 Å². The number of aromatic nitrogens is 3. The van der Waals surface area contributed by atoms with E-state index in [-0.39, 0.29) is 25.6 Å². The Bertz CT molecular complexity index is 1180. The minimum Gasteiger partial charge on any atom is -0.497 e. The molecule has 1 N–H and O–H groups in total. The zero-order chi connectivity index (χ0) is 26.1. The Morgan fingerprint density at radius 1 is 1.08 bits per heavy atom. The molecule has 11 heteroatoms. The molecule has 1 aromatic heterocycles. The monoisotopic (exact) mass is 511 g/mol. The summed E-state index contributed by atoms with van der Waals surface area (Å²) in [4.78, 5) is 39.1. The zero-order valence-electron chi connectivity index (χ0n) is 20.6. The molecule has 1 heterocycles. The molecule has 0 fully saturated rings. The molecule has 0 spiro atoms. The number of hydrogen-bond donors (Lipinski definition) is 1. The number of nitrogens with one attached hydrogen (secondary N) is 1. The topological polar surface area (TPSA) is 116 Å². The quantitative estimate of drug-likeness (QED) is 0.309. The van der Waals surface area contributed by atoms with E-state index in [4.69, 9.17) is 9.47 Å². The van der Waals surface area contributed by atoms with Crippen LogP contribution in [-0.2, 0) is 26.2 Å². The fraction of sp³-hybridized carbons (Fsp3) is 0.320. The summed E-state index contributed by atoms with van der Waals surface area (Å²) in [5.41, 5.74) is 1.43. The highest BCUT2D eigenvalue weighted by Gasteiger charge is 2.27. The summed E-state index contributed by atoms with van der Waals surface area (Å²) < 4.78 is 11.9. The van der Waals surface area contributed by atoms with Crippen LogP contribution in [0.3, 0.4) is 0 Å². The third kappa shape index (κ3) is 6.85. The number of carbonyl (C=O) groups excluding carboxylic acids is 3. The van der Waals surface area contributed by atoms with E-state index in [9.17, 15) is 14.4 Å². The van der Waals surface area contributed by atoms with Crippen LogP contribution in [0.1, 0.15) is 13.8 Å². The maximum Gasteiger partial charge on any atom is 0.325 e. The molecule has 2 amide bonds. The van der Waals surface area contributed by atoms with Crippen LogP contribution in [0.4, 0.5) is 5.69 Å². The molecule has 3 rings (SSSR count). The van der Waals surface area contributed by atoms with Gasteiger partial charge in [-0.25, -0.2) is 0 Å². The number of esters is 1. The third-order valence-corrected chi connectivity index (χ3v) is 6.31. The summed E-state index contributed by atoms with van der Waals surface area (Å²) in [5.74, 6) is -0.0419. The molecular formula is C25H29N5O5S. The van der Waals surface area contributed by atoms with Crippen molar-refractivity contribution in [1.82, 2.24) is 20.1 Å². The van der Waals surface area contributed by atoms with Gasteiger partial charge in [-0.2, -0.15) is 0 Å². The Morgan fingerprint density at radius 2 is 1.78 bits per heavy atom. The summed E-state index contributed by atoms with van der Waals surface area (Å²) >= 11 is 1.24. The first kappa shape index (κ1) is 26.7. The summed E-state index contributed by atoms with van der Waals surface area (Å²) in [6.45, 7) is 3.10. The van der Waals surface area contributed by atoms with E-state index in [1.807, 2.05) is 41.9 Å². The average Bonchev–Trinajstić information content (AvgIpc) is 3.26. The SMILES string of the molecule is CCOC(=O)CNC(=O)CN(C(=O)C(C)Sc1nnc(-c2ccccc2)n1C)c1ccc(OC)cc1. The number of hydrogen-bond acceptors (Lipinski definition) is 8. The molecule has 1 atom stereocenters. The van der Waals surface area contributed by atoms with Gasteiger partial charge >= 0.3 is 5.97 Å². The van der Waals surface area contributed by atoms with Crippen molar-refractivity contribution >= 4 is 35.2 Å². The van der Waals surface area contributed by atoms with Crippen molar-refractivity contribution < 1.29 is 23.9 Å². The molecule has 3 aromatic rings. The normalized spacial score (nSPS) is 11.4. The van der Waals surface area contributed by atoms with Gasteiger partial charge in [0.25, 0.3) is 0 Å². The van der Waals surface area contributed by atoms with Gasteiger partial charge in [0.15, 0.2) is 11.0 Å². The van der Waals surface area contributed by atoms with E-state index in [1.54, 1.807) is 45.2 Å². The van der Waals surface area contributed by atoms with Crippen LogP contribution < -0.4 is 15.0 Å². The lowest BCUT2D eigenvalue weighted by atomic mass is 10.2. The van der Waals surface area contributed by atoms with Crippen LogP contribution in [-0.4, -0.2) is 64.6 Å². The predicted octanol–water partition coefficient (Wildman–Crippen LogP) is 2.68. The van der Waals surface area contributed by atoms with E-state index in [2.05, 4.69) is 15.5 Å². The highest BCUT2D eigenvalue weighted by Crippen LogP contribution is 2.28. The van der Waals surface area contributed by atoms with Crippen molar-refractivity contribution in [3.8, 4) is 17.1 Å². The Labute approximate surface area is 214 Å². The molecule has 1 unspecified atom stereocenters. The first-order valence-electron chi connectivity index (χ1n) is 11.3. The Hall–Kier alpha value is -3.86. The van der Waals surface area contributed by atoms with E-state index in [0.29, 0.717) is 22.4 Å². The summed E-state index contributed by atoms with van der Waals surface area (Å²) in [6, 6.07) is 16.4. The number of anilines is 1. The number of methoxy groups -OCH3 is 1. The van der Waals surface area contributed by atoms with Crippen LogP contribution in [0.15, 0.2) is 59.8 Å². The van der Waals surface area contributed by atoms with Gasteiger partial charge in [0.05, 0.1) is 19.0 Å². The van der Waals surface area contributed by atoms with Crippen molar-refractivity contribution in [3.05, 3.63) is 54.6 Å². The lowest BCUT2D eigenvalue weighted by Gasteiger charge is -2.25. The Kier molecular flexibility index (Phi) is 9.46. The van der Waals surface area contributed by atoms with E-state index >= 15 is 0 Å². The second-order valence-corrected chi connectivity index (χ2v) is 9.00. The van der Waals surface area contributed by atoms with Gasteiger partial charge in [0.2, 0.25) is 11.8 Å².